The SMILES string of the molecule is O=C(NCc1cncc(-c2cccs2)c1)c1ccc(Cl)cc1. The number of hydrogen-bond acceptors (Lipinski definition) is 3. The van der Waals surface area contributed by atoms with Crippen molar-refractivity contribution in [3.63, 3.8) is 0 Å². The molecule has 3 rings (SSSR count). The van der Waals surface area contributed by atoms with Gasteiger partial charge in [0.2, 0.25) is 0 Å². The van der Waals surface area contributed by atoms with E-state index in [9.17, 15) is 4.79 Å². The molecule has 0 aliphatic rings. The van der Waals surface area contributed by atoms with Crippen LogP contribution in [0.15, 0.2) is 60.2 Å². The Morgan fingerprint density at radius 3 is 2.73 bits per heavy atom. The normalized spacial score (nSPS) is 10.4. The monoisotopic (exact) mass is 328 g/mol. The van der Waals surface area contributed by atoms with Crippen molar-refractivity contribution in [3.05, 3.63) is 76.4 Å². The predicted molar refractivity (Wildman–Crippen MR) is 90.2 cm³/mol. The molecule has 2 heterocycles. The molecule has 110 valence electrons. The van der Waals surface area contributed by atoms with Crippen LogP contribution in [-0.2, 0) is 6.54 Å². The van der Waals surface area contributed by atoms with Crippen molar-refractivity contribution in [2.45, 2.75) is 6.54 Å². The number of carbonyl (C=O) groups is 1. The third-order valence-corrected chi connectivity index (χ3v) is 4.33. The molecule has 1 aromatic carbocycles. The number of amides is 1. The van der Waals surface area contributed by atoms with Gasteiger partial charge in [-0.25, -0.2) is 0 Å². The lowest BCUT2D eigenvalue weighted by atomic mass is 10.1. The molecule has 0 aliphatic heterocycles. The lowest BCUT2D eigenvalue weighted by Gasteiger charge is -2.06. The molecule has 0 unspecified atom stereocenters. The molecule has 2 aromatic heterocycles. The smallest absolute Gasteiger partial charge is 0.251 e. The summed E-state index contributed by atoms with van der Waals surface area (Å²) in [7, 11) is 0. The molecule has 3 aromatic rings. The number of carbonyl (C=O) groups excluding carboxylic acids is 1. The van der Waals surface area contributed by atoms with Crippen molar-refractivity contribution in [1.29, 1.82) is 0 Å². The van der Waals surface area contributed by atoms with Gasteiger partial charge < -0.3 is 5.32 Å². The first-order chi connectivity index (χ1) is 10.7. The second-order valence-corrected chi connectivity index (χ2v) is 6.13. The largest absolute Gasteiger partial charge is 0.348 e. The molecule has 0 atom stereocenters. The average molecular weight is 329 g/mol. The van der Waals surface area contributed by atoms with E-state index < -0.39 is 0 Å². The second kappa shape index (κ2) is 6.73. The number of hydrogen-bond donors (Lipinski definition) is 1. The molecule has 0 radical (unpaired) electrons. The number of aromatic nitrogens is 1. The van der Waals surface area contributed by atoms with Gasteiger partial charge in [0.1, 0.15) is 0 Å². The van der Waals surface area contributed by atoms with E-state index in [1.54, 1.807) is 41.8 Å². The highest BCUT2D eigenvalue weighted by molar-refractivity contribution is 7.13. The molecule has 3 nitrogen and oxygen atoms in total. The van der Waals surface area contributed by atoms with Gasteiger partial charge in [0.05, 0.1) is 0 Å². The summed E-state index contributed by atoms with van der Waals surface area (Å²) in [6.45, 7) is 0.438. The second-order valence-electron chi connectivity index (χ2n) is 4.75. The lowest BCUT2D eigenvalue weighted by molar-refractivity contribution is 0.0951. The highest BCUT2D eigenvalue weighted by Crippen LogP contribution is 2.24. The zero-order valence-electron chi connectivity index (χ0n) is 11.6. The summed E-state index contributed by atoms with van der Waals surface area (Å²) in [5.41, 5.74) is 2.62. The predicted octanol–water partition coefficient (Wildman–Crippen LogP) is 4.39. The minimum atomic E-state index is -0.127. The first-order valence-electron chi connectivity index (χ1n) is 6.74. The fraction of sp³-hybridized carbons (Fsp3) is 0.0588. The third kappa shape index (κ3) is 3.53. The lowest BCUT2D eigenvalue weighted by Crippen LogP contribution is -2.22. The van der Waals surface area contributed by atoms with Crippen molar-refractivity contribution in [3.8, 4) is 10.4 Å². The van der Waals surface area contributed by atoms with E-state index in [4.69, 9.17) is 11.6 Å². The molecule has 1 N–H and O–H groups in total. The van der Waals surface area contributed by atoms with E-state index in [-0.39, 0.29) is 5.91 Å². The van der Waals surface area contributed by atoms with Gasteiger partial charge in [-0.15, -0.1) is 11.3 Å². The fourth-order valence-corrected chi connectivity index (χ4v) is 2.88. The Balaban J connectivity index is 1.67. The van der Waals surface area contributed by atoms with Gasteiger partial charge in [0.25, 0.3) is 5.91 Å². The minimum absolute atomic E-state index is 0.127. The molecule has 0 saturated heterocycles. The van der Waals surface area contributed by atoms with Crippen LogP contribution in [0, 0.1) is 0 Å². The van der Waals surface area contributed by atoms with Gasteiger partial charge in [-0.2, -0.15) is 0 Å². The van der Waals surface area contributed by atoms with Crippen LogP contribution in [0.25, 0.3) is 10.4 Å². The van der Waals surface area contributed by atoms with Gasteiger partial charge in [0, 0.05) is 40.0 Å². The summed E-state index contributed by atoms with van der Waals surface area (Å²) >= 11 is 7.48. The molecule has 0 bridgehead atoms. The number of thiophene rings is 1. The molecular weight excluding hydrogens is 316 g/mol. The molecule has 0 aliphatic carbocycles. The Labute approximate surface area is 137 Å². The van der Waals surface area contributed by atoms with Crippen molar-refractivity contribution < 1.29 is 4.79 Å². The molecule has 0 saturated carbocycles. The van der Waals surface area contributed by atoms with Gasteiger partial charge in [0.15, 0.2) is 0 Å². The van der Waals surface area contributed by atoms with E-state index in [1.807, 2.05) is 23.7 Å². The van der Waals surface area contributed by atoms with Gasteiger partial charge in [-0.05, 0) is 47.3 Å². The average Bonchev–Trinajstić information content (AvgIpc) is 3.08. The van der Waals surface area contributed by atoms with Crippen LogP contribution >= 0.6 is 22.9 Å². The summed E-state index contributed by atoms with van der Waals surface area (Å²) in [4.78, 5) is 17.5. The van der Waals surface area contributed by atoms with Crippen molar-refractivity contribution in [2.24, 2.45) is 0 Å². The van der Waals surface area contributed by atoms with Gasteiger partial charge >= 0.3 is 0 Å². The summed E-state index contributed by atoms with van der Waals surface area (Å²) in [5.74, 6) is -0.127. The molecule has 5 heteroatoms. The highest BCUT2D eigenvalue weighted by Gasteiger charge is 2.06. The summed E-state index contributed by atoms with van der Waals surface area (Å²) < 4.78 is 0. The highest BCUT2D eigenvalue weighted by atomic mass is 35.5. The number of nitrogens with one attached hydrogen (secondary N) is 1. The zero-order chi connectivity index (χ0) is 15.4. The summed E-state index contributed by atoms with van der Waals surface area (Å²) in [6.07, 6.45) is 3.59. The van der Waals surface area contributed by atoms with Crippen LogP contribution < -0.4 is 5.32 Å². The Morgan fingerprint density at radius 1 is 1.18 bits per heavy atom. The molecular formula is C17H13ClN2OS. The Morgan fingerprint density at radius 2 is 2.00 bits per heavy atom. The number of pyridine rings is 1. The van der Waals surface area contributed by atoms with Crippen LogP contribution in [0.4, 0.5) is 0 Å². The maximum absolute atomic E-state index is 12.1. The van der Waals surface area contributed by atoms with Crippen LogP contribution in [0.2, 0.25) is 5.02 Å². The van der Waals surface area contributed by atoms with E-state index in [2.05, 4.69) is 16.4 Å². The Bertz CT molecular complexity index is 770. The fourth-order valence-electron chi connectivity index (χ4n) is 2.05. The number of rotatable bonds is 4. The van der Waals surface area contributed by atoms with Crippen molar-refractivity contribution in [2.75, 3.05) is 0 Å². The summed E-state index contributed by atoms with van der Waals surface area (Å²) in [5, 5.41) is 5.54. The Hall–Kier alpha value is -2.17. The van der Waals surface area contributed by atoms with E-state index >= 15 is 0 Å². The van der Waals surface area contributed by atoms with E-state index in [1.165, 1.54) is 4.88 Å². The maximum atomic E-state index is 12.1. The first kappa shape index (κ1) is 14.8. The number of nitrogens with zero attached hydrogens (tertiary/aromatic N) is 1. The zero-order valence-corrected chi connectivity index (χ0v) is 13.2. The Kier molecular flexibility index (Phi) is 4.51. The van der Waals surface area contributed by atoms with Gasteiger partial charge in [-0.3, -0.25) is 9.78 Å². The van der Waals surface area contributed by atoms with Gasteiger partial charge in [-0.1, -0.05) is 17.7 Å². The number of benzene rings is 1. The third-order valence-electron chi connectivity index (χ3n) is 3.16. The van der Waals surface area contributed by atoms with E-state index in [0.717, 1.165) is 11.1 Å². The standard InChI is InChI=1S/C17H13ClN2OS/c18-15-5-3-13(4-6-15)17(21)20-10-12-8-14(11-19-9-12)16-2-1-7-22-16/h1-9,11H,10H2,(H,20,21). The number of halogens is 1. The molecule has 0 fully saturated rings. The molecule has 0 spiro atoms. The van der Waals surface area contributed by atoms with Crippen LogP contribution in [0.1, 0.15) is 15.9 Å². The van der Waals surface area contributed by atoms with Crippen LogP contribution in [0.3, 0.4) is 0 Å². The molecule has 22 heavy (non-hydrogen) atoms. The van der Waals surface area contributed by atoms with E-state index in [0.29, 0.717) is 17.1 Å². The summed E-state index contributed by atoms with van der Waals surface area (Å²) in [6, 6.07) is 12.9. The van der Waals surface area contributed by atoms with Crippen molar-refractivity contribution in [1.82, 2.24) is 10.3 Å². The van der Waals surface area contributed by atoms with Crippen molar-refractivity contribution >= 4 is 28.8 Å². The quantitative estimate of drug-likeness (QED) is 0.771. The molecule has 1 amide bonds. The maximum Gasteiger partial charge on any atom is 0.251 e. The first-order valence-corrected chi connectivity index (χ1v) is 8.00. The topological polar surface area (TPSA) is 42.0 Å². The van der Waals surface area contributed by atoms with Crippen LogP contribution in [0.5, 0.6) is 0 Å². The van der Waals surface area contributed by atoms with Crippen LogP contribution in [-0.4, -0.2) is 10.9 Å². The minimum Gasteiger partial charge on any atom is -0.348 e.